The standard InChI is InChI=1S/C17H21NO3/c1-12(2)21-11-15-6-4-14(5-7-15)10-18-17(19)16-8-9-20-13(16)3/h4-9,12H,10-11H2,1-3H3,(H,18,19). The van der Waals surface area contributed by atoms with Gasteiger partial charge >= 0.3 is 0 Å². The van der Waals surface area contributed by atoms with E-state index in [-0.39, 0.29) is 12.0 Å². The fourth-order valence-electron chi connectivity index (χ4n) is 1.91. The molecule has 21 heavy (non-hydrogen) atoms. The van der Waals surface area contributed by atoms with E-state index >= 15 is 0 Å². The van der Waals surface area contributed by atoms with Gasteiger partial charge in [0.2, 0.25) is 0 Å². The molecule has 0 atom stereocenters. The summed E-state index contributed by atoms with van der Waals surface area (Å²) in [5.41, 5.74) is 2.76. The van der Waals surface area contributed by atoms with Crippen LogP contribution in [-0.2, 0) is 17.9 Å². The molecule has 0 saturated heterocycles. The fraction of sp³-hybridized carbons (Fsp3) is 0.353. The van der Waals surface area contributed by atoms with Crippen LogP contribution < -0.4 is 5.32 Å². The number of benzene rings is 1. The van der Waals surface area contributed by atoms with Crippen molar-refractivity contribution in [2.24, 2.45) is 0 Å². The van der Waals surface area contributed by atoms with Crippen LogP contribution >= 0.6 is 0 Å². The Bertz CT molecular complexity index is 584. The number of hydrogen-bond acceptors (Lipinski definition) is 3. The van der Waals surface area contributed by atoms with E-state index in [1.165, 1.54) is 6.26 Å². The van der Waals surface area contributed by atoms with E-state index in [2.05, 4.69) is 5.32 Å². The van der Waals surface area contributed by atoms with Crippen LogP contribution in [0.2, 0.25) is 0 Å². The number of carbonyl (C=O) groups is 1. The summed E-state index contributed by atoms with van der Waals surface area (Å²) in [6.45, 7) is 6.91. The van der Waals surface area contributed by atoms with Crippen LogP contribution in [0.4, 0.5) is 0 Å². The van der Waals surface area contributed by atoms with E-state index in [1.54, 1.807) is 13.0 Å². The molecular formula is C17H21NO3. The Morgan fingerprint density at radius 1 is 1.19 bits per heavy atom. The third kappa shape index (κ3) is 4.46. The first-order valence-corrected chi connectivity index (χ1v) is 7.08. The van der Waals surface area contributed by atoms with Crippen molar-refractivity contribution < 1.29 is 13.9 Å². The molecule has 0 unspecified atom stereocenters. The molecule has 0 aliphatic heterocycles. The molecule has 1 heterocycles. The van der Waals surface area contributed by atoms with Crippen molar-refractivity contribution in [2.75, 3.05) is 0 Å². The van der Waals surface area contributed by atoms with Gasteiger partial charge in [0.15, 0.2) is 0 Å². The zero-order chi connectivity index (χ0) is 15.2. The molecule has 1 N–H and O–H groups in total. The Morgan fingerprint density at radius 3 is 2.43 bits per heavy atom. The van der Waals surface area contributed by atoms with Gasteiger partial charge in [-0.3, -0.25) is 4.79 Å². The Balaban J connectivity index is 1.86. The predicted molar refractivity (Wildman–Crippen MR) is 81.0 cm³/mol. The van der Waals surface area contributed by atoms with Gasteiger partial charge in [0.1, 0.15) is 5.76 Å². The molecule has 1 aromatic heterocycles. The Hall–Kier alpha value is -2.07. The molecule has 1 amide bonds. The van der Waals surface area contributed by atoms with Gasteiger partial charge in [-0.15, -0.1) is 0 Å². The molecule has 0 spiro atoms. The second kappa shape index (κ2) is 7.09. The third-order valence-electron chi connectivity index (χ3n) is 3.16. The lowest BCUT2D eigenvalue weighted by Gasteiger charge is -2.09. The van der Waals surface area contributed by atoms with Crippen molar-refractivity contribution in [3.05, 3.63) is 59.0 Å². The highest BCUT2D eigenvalue weighted by Gasteiger charge is 2.10. The molecule has 112 valence electrons. The molecule has 0 aliphatic carbocycles. The smallest absolute Gasteiger partial charge is 0.255 e. The second-order valence-electron chi connectivity index (χ2n) is 5.25. The normalized spacial score (nSPS) is 10.9. The van der Waals surface area contributed by atoms with Crippen molar-refractivity contribution in [3.63, 3.8) is 0 Å². The first-order chi connectivity index (χ1) is 10.1. The molecule has 0 radical (unpaired) electrons. The Labute approximate surface area is 125 Å². The van der Waals surface area contributed by atoms with Crippen molar-refractivity contribution in [3.8, 4) is 0 Å². The summed E-state index contributed by atoms with van der Waals surface area (Å²) in [6, 6.07) is 9.72. The minimum absolute atomic E-state index is 0.117. The van der Waals surface area contributed by atoms with Crippen LogP contribution in [0.15, 0.2) is 41.0 Å². The van der Waals surface area contributed by atoms with Crippen molar-refractivity contribution in [1.82, 2.24) is 5.32 Å². The maximum atomic E-state index is 12.0. The van der Waals surface area contributed by atoms with Crippen LogP contribution in [0.5, 0.6) is 0 Å². The number of ether oxygens (including phenoxy) is 1. The lowest BCUT2D eigenvalue weighted by atomic mass is 10.1. The molecule has 4 nitrogen and oxygen atoms in total. The number of hydrogen-bond donors (Lipinski definition) is 1. The summed E-state index contributed by atoms with van der Waals surface area (Å²) < 4.78 is 10.7. The Morgan fingerprint density at radius 2 is 1.86 bits per heavy atom. The third-order valence-corrected chi connectivity index (χ3v) is 3.16. The first kappa shape index (κ1) is 15.3. The number of amides is 1. The quantitative estimate of drug-likeness (QED) is 0.885. The summed E-state index contributed by atoms with van der Waals surface area (Å²) in [5.74, 6) is 0.516. The molecule has 0 bridgehead atoms. The number of furan rings is 1. The van der Waals surface area contributed by atoms with Gasteiger partial charge in [-0.25, -0.2) is 0 Å². The molecule has 2 aromatic rings. The molecule has 0 saturated carbocycles. The molecule has 0 aliphatic rings. The highest BCUT2D eigenvalue weighted by atomic mass is 16.5. The largest absolute Gasteiger partial charge is 0.469 e. The summed E-state index contributed by atoms with van der Waals surface area (Å²) in [7, 11) is 0. The van der Waals surface area contributed by atoms with Crippen molar-refractivity contribution in [1.29, 1.82) is 0 Å². The van der Waals surface area contributed by atoms with Gasteiger partial charge < -0.3 is 14.5 Å². The minimum Gasteiger partial charge on any atom is -0.469 e. The maximum Gasteiger partial charge on any atom is 0.255 e. The number of rotatable bonds is 6. The SMILES string of the molecule is Cc1occc1C(=O)NCc1ccc(COC(C)C)cc1. The molecule has 0 fully saturated rings. The second-order valence-corrected chi connectivity index (χ2v) is 5.25. The van der Waals surface area contributed by atoms with Crippen LogP contribution in [0.3, 0.4) is 0 Å². The maximum absolute atomic E-state index is 12.0. The molecule has 2 rings (SSSR count). The van der Waals surface area contributed by atoms with E-state index < -0.39 is 0 Å². The number of nitrogens with one attached hydrogen (secondary N) is 1. The Kier molecular flexibility index (Phi) is 5.17. The zero-order valence-corrected chi connectivity index (χ0v) is 12.7. The lowest BCUT2D eigenvalue weighted by molar-refractivity contribution is 0.0657. The van der Waals surface area contributed by atoms with Gasteiger partial charge in [-0.2, -0.15) is 0 Å². The molecule has 1 aromatic carbocycles. The van der Waals surface area contributed by atoms with Gasteiger partial charge in [0.25, 0.3) is 5.91 Å². The van der Waals surface area contributed by atoms with E-state index in [0.29, 0.717) is 24.5 Å². The van der Waals surface area contributed by atoms with Crippen molar-refractivity contribution >= 4 is 5.91 Å². The number of carbonyl (C=O) groups excluding carboxylic acids is 1. The van der Waals surface area contributed by atoms with E-state index in [1.807, 2.05) is 38.1 Å². The average Bonchev–Trinajstić information content (AvgIpc) is 2.90. The lowest BCUT2D eigenvalue weighted by Crippen LogP contribution is -2.22. The minimum atomic E-state index is -0.117. The van der Waals surface area contributed by atoms with E-state index in [0.717, 1.165) is 11.1 Å². The van der Waals surface area contributed by atoms with Gasteiger partial charge in [0.05, 0.1) is 24.5 Å². The summed E-state index contributed by atoms with van der Waals surface area (Å²) in [6.07, 6.45) is 1.75. The van der Waals surface area contributed by atoms with E-state index in [9.17, 15) is 4.79 Å². The van der Waals surface area contributed by atoms with Crippen LogP contribution in [0.25, 0.3) is 0 Å². The van der Waals surface area contributed by atoms with Crippen LogP contribution in [0.1, 0.15) is 41.1 Å². The van der Waals surface area contributed by atoms with Crippen molar-refractivity contribution in [2.45, 2.75) is 40.0 Å². The topological polar surface area (TPSA) is 51.5 Å². The zero-order valence-electron chi connectivity index (χ0n) is 12.7. The van der Waals surface area contributed by atoms with Gasteiger partial charge in [0, 0.05) is 6.54 Å². The summed E-state index contributed by atoms with van der Waals surface area (Å²) >= 11 is 0. The summed E-state index contributed by atoms with van der Waals surface area (Å²) in [5, 5.41) is 2.88. The monoisotopic (exact) mass is 287 g/mol. The van der Waals surface area contributed by atoms with Crippen LogP contribution in [-0.4, -0.2) is 12.0 Å². The molecule has 4 heteroatoms. The molecular weight excluding hydrogens is 266 g/mol. The van der Waals surface area contributed by atoms with Gasteiger partial charge in [-0.1, -0.05) is 24.3 Å². The predicted octanol–water partition coefficient (Wildman–Crippen LogP) is 3.44. The first-order valence-electron chi connectivity index (χ1n) is 7.08. The number of aryl methyl sites for hydroxylation is 1. The highest BCUT2D eigenvalue weighted by Crippen LogP contribution is 2.10. The van der Waals surface area contributed by atoms with Gasteiger partial charge in [-0.05, 0) is 38.0 Å². The van der Waals surface area contributed by atoms with E-state index in [4.69, 9.17) is 9.15 Å². The average molecular weight is 287 g/mol. The summed E-state index contributed by atoms with van der Waals surface area (Å²) in [4.78, 5) is 12.0. The highest BCUT2D eigenvalue weighted by molar-refractivity contribution is 5.94. The fourth-order valence-corrected chi connectivity index (χ4v) is 1.91. The van der Waals surface area contributed by atoms with Crippen LogP contribution in [0, 0.1) is 6.92 Å².